The number of benzene rings is 1. The van der Waals surface area contributed by atoms with Crippen molar-refractivity contribution in [3.05, 3.63) is 54.4 Å². The van der Waals surface area contributed by atoms with Gasteiger partial charge < -0.3 is 4.74 Å². The summed E-state index contributed by atoms with van der Waals surface area (Å²) in [5.74, 6) is -0.426. The Hall–Kier alpha value is -2.69. The molecule has 5 heteroatoms. The van der Waals surface area contributed by atoms with Crippen molar-refractivity contribution in [3.8, 4) is 11.3 Å². The number of carbonyl (C=O) groups is 1. The summed E-state index contributed by atoms with van der Waals surface area (Å²) in [4.78, 5) is 15.9. The Bertz CT molecular complexity index is 750. The molecule has 3 rings (SSSR count). The third kappa shape index (κ3) is 2.14. The highest BCUT2D eigenvalue weighted by Crippen LogP contribution is 2.19. The van der Waals surface area contributed by atoms with Gasteiger partial charge in [-0.3, -0.25) is 0 Å². The molecule has 2 aromatic heterocycles. The summed E-state index contributed by atoms with van der Waals surface area (Å²) < 4.78 is 6.58. The molecular weight excluding hydrogens is 254 g/mol. The van der Waals surface area contributed by atoms with Crippen LogP contribution in [-0.4, -0.2) is 27.2 Å². The van der Waals surface area contributed by atoms with Crippen molar-refractivity contribution >= 4 is 11.6 Å². The average molecular weight is 267 g/mol. The van der Waals surface area contributed by atoms with Gasteiger partial charge in [0.2, 0.25) is 0 Å². The van der Waals surface area contributed by atoms with Crippen LogP contribution in [0.1, 0.15) is 17.5 Å². The van der Waals surface area contributed by atoms with E-state index in [9.17, 15) is 4.79 Å². The molecule has 0 aliphatic carbocycles. The average Bonchev–Trinajstić information content (AvgIpc) is 2.92. The summed E-state index contributed by atoms with van der Waals surface area (Å²) in [5, 5.41) is 4.24. The van der Waals surface area contributed by atoms with E-state index >= 15 is 0 Å². The second kappa shape index (κ2) is 5.13. The van der Waals surface area contributed by atoms with Crippen LogP contribution < -0.4 is 0 Å². The summed E-state index contributed by atoms with van der Waals surface area (Å²) in [5.41, 5.74) is 2.51. The predicted molar refractivity (Wildman–Crippen MR) is 74.4 cm³/mol. The number of ether oxygens (including phenoxy) is 1. The maximum atomic E-state index is 11.7. The zero-order chi connectivity index (χ0) is 13.9. The van der Waals surface area contributed by atoms with Crippen LogP contribution in [0.2, 0.25) is 0 Å². The smallest absolute Gasteiger partial charge is 0.378 e. The molecule has 0 aliphatic rings. The number of fused-ring (bicyclic) bond motifs is 1. The second-order valence-electron chi connectivity index (χ2n) is 4.20. The molecule has 0 saturated carbocycles. The van der Waals surface area contributed by atoms with Gasteiger partial charge in [0, 0.05) is 5.56 Å². The van der Waals surface area contributed by atoms with Crippen LogP contribution in [0, 0.1) is 0 Å². The maximum Gasteiger partial charge on any atom is 0.378 e. The van der Waals surface area contributed by atoms with Crippen LogP contribution >= 0.6 is 0 Å². The van der Waals surface area contributed by atoms with E-state index in [1.54, 1.807) is 11.4 Å². The molecule has 0 atom stereocenters. The van der Waals surface area contributed by atoms with Gasteiger partial charge in [-0.1, -0.05) is 36.4 Å². The minimum absolute atomic E-state index is 0.0789. The fourth-order valence-electron chi connectivity index (χ4n) is 2.01. The molecule has 2 heterocycles. The zero-order valence-electron chi connectivity index (χ0n) is 11.0. The molecule has 100 valence electrons. The van der Waals surface area contributed by atoms with Gasteiger partial charge in [0.05, 0.1) is 12.3 Å². The van der Waals surface area contributed by atoms with E-state index in [0.717, 1.165) is 11.3 Å². The summed E-state index contributed by atoms with van der Waals surface area (Å²) in [7, 11) is 0. The summed E-state index contributed by atoms with van der Waals surface area (Å²) in [6, 6.07) is 15.5. The molecule has 0 unspecified atom stereocenters. The molecule has 0 spiro atoms. The monoisotopic (exact) mass is 267 g/mol. The van der Waals surface area contributed by atoms with Crippen LogP contribution in [0.3, 0.4) is 0 Å². The highest BCUT2D eigenvalue weighted by molar-refractivity contribution is 5.86. The second-order valence-corrected chi connectivity index (χ2v) is 4.20. The first-order valence-electron chi connectivity index (χ1n) is 6.38. The van der Waals surface area contributed by atoms with E-state index in [-0.39, 0.29) is 5.82 Å². The number of esters is 1. The number of nitrogens with zero attached hydrogens (tertiary/aromatic N) is 3. The zero-order valence-corrected chi connectivity index (χ0v) is 11.0. The quantitative estimate of drug-likeness (QED) is 0.684. The van der Waals surface area contributed by atoms with Gasteiger partial charge in [0.15, 0.2) is 5.65 Å². The molecule has 1 aromatic carbocycles. The van der Waals surface area contributed by atoms with E-state index in [2.05, 4.69) is 10.1 Å². The van der Waals surface area contributed by atoms with Gasteiger partial charge in [-0.25, -0.2) is 14.3 Å². The summed E-state index contributed by atoms with van der Waals surface area (Å²) in [6.07, 6.45) is 0. The Kier molecular flexibility index (Phi) is 3.16. The van der Waals surface area contributed by atoms with E-state index in [0.29, 0.717) is 12.3 Å². The normalized spacial score (nSPS) is 10.7. The molecule has 0 aliphatic heterocycles. The fraction of sp³-hybridized carbons (Fsp3) is 0.133. The lowest BCUT2D eigenvalue weighted by atomic mass is 10.1. The number of rotatable bonds is 3. The van der Waals surface area contributed by atoms with E-state index in [1.165, 1.54) is 0 Å². The highest BCUT2D eigenvalue weighted by atomic mass is 16.5. The molecule has 0 saturated heterocycles. The summed E-state index contributed by atoms with van der Waals surface area (Å²) >= 11 is 0. The minimum Gasteiger partial charge on any atom is -0.460 e. The summed E-state index contributed by atoms with van der Waals surface area (Å²) in [6.45, 7) is 2.06. The molecular formula is C15H13N3O2. The molecule has 5 nitrogen and oxygen atoms in total. The van der Waals surface area contributed by atoms with Crippen molar-refractivity contribution in [1.29, 1.82) is 0 Å². The standard InChI is InChI=1S/C15H13N3O2/c1-2-20-15(19)14-16-13-10-6-9-12(18(13)17-14)11-7-4-3-5-8-11/h3-10H,2H2,1H3. The molecule has 0 bridgehead atoms. The van der Waals surface area contributed by atoms with Gasteiger partial charge in [-0.2, -0.15) is 0 Å². The number of pyridine rings is 1. The number of carbonyl (C=O) groups excluding carboxylic acids is 1. The van der Waals surface area contributed by atoms with Crippen molar-refractivity contribution in [2.75, 3.05) is 6.61 Å². The Morgan fingerprint density at radius 3 is 2.70 bits per heavy atom. The minimum atomic E-state index is -0.504. The lowest BCUT2D eigenvalue weighted by Crippen LogP contribution is -2.07. The van der Waals surface area contributed by atoms with Crippen molar-refractivity contribution in [3.63, 3.8) is 0 Å². The van der Waals surface area contributed by atoms with E-state index in [4.69, 9.17) is 4.74 Å². The number of hydrogen-bond donors (Lipinski definition) is 0. The van der Waals surface area contributed by atoms with E-state index < -0.39 is 5.97 Å². The first-order valence-corrected chi connectivity index (χ1v) is 6.38. The highest BCUT2D eigenvalue weighted by Gasteiger charge is 2.15. The van der Waals surface area contributed by atoms with Crippen LogP contribution in [0.4, 0.5) is 0 Å². The fourth-order valence-corrected chi connectivity index (χ4v) is 2.01. The first kappa shape index (κ1) is 12.3. The third-order valence-corrected chi connectivity index (χ3v) is 2.89. The van der Waals surface area contributed by atoms with Gasteiger partial charge >= 0.3 is 5.97 Å². The van der Waals surface area contributed by atoms with Gasteiger partial charge in [0.25, 0.3) is 5.82 Å². The van der Waals surface area contributed by atoms with Crippen LogP contribution in [0.25, 0.3) is 16.9 Å². The predicted octanol–water partition coefficient (Wildman–Crippen LogP) is 2.57. The van der Waals surface area contributed by atoms with Gasteiger partial charge in [0.1, 0.15) is 0 Å². The Balaban J connectivity index is 2.13. The molecule has 0 radical (unpaired) electrons. The topological polar surface area (TPSA) is 56.5 Å². The lowest BCUT2D eigenvalue weighted by Gasteiger charge is -2.03. The van der Waals surface area contributed by atoms with Crippen molar-refractivity contribution in [1.82, 2.24) is 14.6 Å². The number of hydrogen-bond acceptors (Lipinski definition) is 4. The third-order valence-electron chi connectivity index (χ3n) is 2.89. The van der Waals surface area contributed by atoms with Crippen molar-refractivity contribution < 1.29 is 9.53 Å². The Morgan fingerprint density at radius 1 is 1.15 bits per heavy atom. The number of aromatic nitrogens is 3. The SMILES string of the molecule is CCOC(=O)c1nc2cccc(-c3ccccc3)n2n1. The maximum absolute atomic E-state index is 11.7. The molecule has 0 amide bonds. The molecule has 3 aromatic rings. The van der Waals surface area contributed by atoms with Gasteiger partial charge in [-0.15, -0.1) is 5.10 Å². The molecule has 0 N–H and O–H groups in total. The largest absolute Gasteiger partial charge is 0.460 e. The molecule has 0 fully saturated rings. The first-order chi connectivity index (χ1) is 9.79. The van der Waals surface area contributed by atoms with Crippen LogP contribution in [0.5, 0.6) is 0 Å². The van der Waals surface area contributed by atoms with Gasteiger partial charge in [-0.05, 0) is 19.1 Å². The van der Waals surface area contributed by atoms with Crippen molar-refractivity contribution in [2.45, 2.75) is 6.92 Å². The molecule has 20 heavy (non-hydrogen) atoms. The van der Waals surface area contributed by atoms with Crippen molar-refractivity contribution in [2.24, 2.45) is 0 Å². The van der Waals surface area contributed by atoms with Crippen LogP contribution in [0.15, 0.2) is 48.5 Å². The lowest BCUT2D eigenvalue weighted by molar-refractivity contribution is 0.0512. The Labute approximate surface area is 115 Å². The van der Waals surface area contributed by atoms with Crippen LogP contribution in [-0.2, 0) is 4.74 Å². The van der Waals surface area contributed by atoms with E-state index in [1.807, 2.05) is 48.5 Å². The Morgan fingerprint density at radius 2 is 1.95 bits per heavy atom.